The molecule has 3 rings (SSSR count). The number of rotatable bonds is 5. The van der Waals surface area contributed by atoms with Crippen molar-refractivity contribution in [3.05, 3.63) is 53.7 Å². The van der Waals surface area contributed by atoms with Gasteiger partial charge in [-0.05, 0) is 23.3 Å². The van der Waals surface area contributed by atoms with E-state index in [2.05, 4.69) is 39.5 Å². The molecule has 1 saturated heterocycles. The van der Waals surface area contributed by atoms with Crippen molar-refractivity contribution in [3.63, 3.8) is 0 Å². The summed E-state index contributed by atoms with van der Waals surface area (Å²) in [5.41, 5.74) is 4.36. The van der Waals surface area contributed by atoms with Gasteiger partial charge in [-0.1, -0.05) is 24.3 Å². The Kier molecular flexibility index (Phi) is 5.56. The molecular formula is C19H23N3O2. The minimum atomic E-state index is -0.0325. The summed E-state index contributed by atoms with van der Waals surface area (Å²) in [5, 5.41) is 2.78. The quantitative estimate of drug-likeness (QED) is 0.916. The predicted octanol–water partition coefficient (Wildman–Crippen LogP) is 2.22. The van der Waals surface area contributed by atoms with Gasteiger partial charge in [-0.15, -0.1) is 0 Å². The summed E-state index contributed by atoms with van der Waals surface area (Å²) in [5.74, 6) is -0.0325. The van der Waals surface area contributed by atoms with E-state index in [1.807, 2.05) is 18.3 Å². The van der Waals surface area contributed by atoms with Gasteiger partial charge in [0.05, 0.1) is 18.9 Å². The molecule has 0 spiro atoms. The summed E-state index contributed by atoms with van der Waals surface area (Å²) in [6.45, 7) is 6.58. The number of ether oxygens (including phenoxy) is 1. The molecular weight excluding hydrogens is 302 g/mol. The second-order valence-corrected chi connectivity index (χ2v) is 6.05. The Hall–Kier alpha value is -2.24. The number of carbonyl (C=O) groups is 1. The monoisotopic (exact) mass is 325 g/mol. The van der Waals surface area contributed by atoms with Crippen molar-refractivity contribution >= 4 is 5.91 Å². The van der Waals surface area contributed by atoms with Crippen LogP contribution in [0.25, 0.3) is 11.3 Å². The summed E-state index contributed by atoms with van der Waals surface area (Å²) >= 11 is 0. The standard InChI is InChI=1S/C19H23N3O2/c1-15(23)20-12-17-5-6-19(21-13-17)18-4-2-3-16(11-18)14-22-7-9-24-10-8-22/h2-6,11,13H,7-10,12,14H2,1H3,(H,20,23). The van der Waals surface area contributed by atoms with E-state index in [1.54, 1.807) is 0 Å². The molecule has 1 aliphatic heterocycles. The summed E-state index contributed by atoms with van der Waals surface area (Å²) in [6.07, 6.45) is 1.82. The van der Waals surface area contributed by atoms with Crippen molar-refractivity contribution in [2.24, 2.45) is 0 Å². The molecule has 126 valence electrons. The molecule has 1 N–H and O–H groups in total. The van der Waals surface area contributed by atoms with Gasteiger partial charge in [0.15, 0.2) is 0 Å². The van der Waals surface area contributed by atoms with Gasteiger partial charge in [-0.25, -0.2) is 0 Å². The van der Waals surface area contributed by atoms with E-state index in [4.69, 9.17) is 4.74 Å². The molecule has 5 heteroatoms. The lowest BCUT2D eigenvalue weighted by atomic mass is 10.1. The molecule has 2 aromatic rings. The number of carbonyl (C=O) groups excluding carboxylic acids is 1. The van der Waals surface area contributed by atoms with Gasteiger partial charge in [-0.2, -0.15) is 0 Å². The number of benzene rings is 1. The molecule has 0 radical (unpaired) electrons. The van der Waals surface area contributed by atoms with Gasteiger partial charge < -0.3 is 10.1 Å². The minimum absolute atomic E-state index is 0.0325. The first kappa shape index (κ1) is 16.6. The zero-order chi connectivity index (χ0) is 16.8. The van der Waals surface area contributed by atoms with E-state index in [9.17, 15) is 4.79 Å². The molecule has 0 bridgehead atoms. The Morgan fingerprint density at radius 3 is 2.75 bits per heavy atom. The fourth-order valence-electron chi connectivity index (χ4n) is 2.77. The topological polar surface area (TPSA) is 54.5 Å². The van der Waals surface area contributed by atoms with E-state index < -0.39 is 0 Å². The summed E-state index contributed by atoms with van der Waals surface area (Å²) in [4.78, 5) is 17.9. The smallest absolute Gasteiger partial charge is 0.217 e. The zero-order valence-corrected chi connectivity index (χ0v) is 14.0. The molecule has 0 saturated carbocycles. The number of pyridine rings is 1. The largest absolute Gasteiger partial charge is 0.379 e. The van der Waals surface area contributed by atoms with Crippen LogP contribution < -0.4 is 5.32 Å². The molecule has 0 atom stereocenters. The number of hydrogen-bond acceptors (Lipinski definition) is 4. The van der Waals surface area contributed by atoms with Crippen LogP contribution in [0.1, 0.15) is 18.1 Å². The minimum Gasteiger partial charge on any atom is -0.379 e. The number of nitrogens with one attached hydrogen (secondary N) is 1. The summed E-state index contributed by atoms with van der Waals surface area (Å²) in [6, 6.07) is 12.5. The first-order chi connectivity index (χ1) is 11.7. The third-order valence-electron chi connectivity index (χ3n) is 4.10. The highest BCUT2D eigenvalue weighted by Crippen LogP contribution is 2.19. The third-order valence-corrected chi connectivity index (χ3v) is 4.10. The first-order valence-electron chi connectivity index (χ1n) is 8.29. The van der Waals surface area contributed by atoms with Crippen molar-refractivity contribution in [1.29, 1.82) is 0 Å². The first-order valence-corrected chi connectivity index (χ1v) is 8.29. The second-order valence-electron chi connectivity index (χ2n) is 6.05. The van der Waals surface area contributed by atoms with Crippen molar-refractivity contribution in [1.82, 2.24) is 15.2 Å². The van der Waals surface area contributed by atoms with Crippen LogP contribution in [0.15, 0.2) is 42.6 Å². The maximum atomic E-state index is 11.0. The Balaban J connectivity index is 1.67. The van der Waals surface area contributed by atoms with Crippen LogP contribution in [0.5, 0.6) is 0 Å². The van der Waals surface area contributed by atoms with Gasteiger partial charge in [0, 0.05) is 44.9 Å². The molecule has 1 aromatic carbocycles. The molecule has 5 nitrogen and oxygen atoms in total. The maximum Gasteiger partial charge on any atom is 0.217 e. The van der Waals surface area contributed by atoms with Crippen molar-refractivity contribution in [3.8, 4) is 11.3 Å². The van der Waals surface area contributed by atoms with Gasteiger partial charge in [-0.3, -0.25) is 14.7 Å². The molecule has 1 aromatic heterocycles. The van der Waals surface area contributed by atoms with Crippen LogP contribution in [-0.2, 0) is 22.6 Å². The van der Waals surface area contributed by atoms with Crippen LogP contribution in [0.2, 0.25) is 0 Å². The fourth-order valence-corrected chi connectivity index (χ4v) is 2.77. The third kappa shape index (κ3) is 4.63. The maximum absolute atomic E-state index is 11.0. The molecule has 24 heavy (non-hydrogen) atoms. The molecule has 0 aliphatic carbocycles. The number of hydrogen-bond donors (Lipinski definition) is 1. The normalized spacial score (nSPS) is 15.2. The molecule has 2 heterocycles. The van der Waals surface area contributed by atoms with Crippen molar-refractivity contribution < 1.29 is 9.53 Å². The zero-order valence-electron chi connectivity index (χ0n) is 14.0. The van der Waals surface area contributed by atoms with Crippen molar-refractivity contribution in [2.75, 3.05) is 26.3 Å². The second kappa shape index (κ2) is 8.04. The Bertz CT molecular complexity index is 679. The van der Waals surface area contributed by atoms with Gasteiger partial charge in [0.2, 0.25) is 5.91 Å². The highest BCUT2D eigenvalue weighted by atomic mass is 16.5. The highest BCUT2D eigenvalue weighted by molar-refractivity contribution is 5.72. The fraction of sp³-hybridized carbons (Fsp3) is 0.368. The van der Waals surface area contributed by atoms with E-state index >= 15 is 0 Å². The molecule has 0 unspecified atom stereocenters. The Morgan fingerprint density at radius 2 is 2.04 bits per heavy atom. The van der Waals surface area contributed by atoms with Crippen LogP contribution in [0.4, 0.5) is 0 Å². The van der Waals surface area contributed by atoms with Gasteiger partial charge in [0.1, 0.15) is 0 Å². The predicted molar refractivity (Wildman–Crippen MR) is 93.3 cm³/mol. The summed E-state index contributed by atoms with van der Waals surface area (Å²) in [7, 11) is 0. The number of amides is 1. The summed E-state index contributed by atoms with van der Waals surface area (Å²) < 4.78 is 5.40. The van der Waals surface area contributed by atoms with E-state index in [0.29, 0.717) is 6.54 Å². The van der Waals surface area contributed by atoms with E-state index in [0.717, 1.165) is 49.7 Å². The SMILES string of the molecule is CC(=O)NCc1ccc(-c2cccc(CN3CCOCC3)c2)nc1. The van der Waals surface area contributed by atoms with Crippen LogP contribution in [-0.4, -0.2) is 42.1 Å². The average Bonchev–Trinajstić information content (AvgIpc) is 2.61. The van der Waals surface area contributed by atoms with Crippen LogP contribution in [0.3, 0.4) is 0 Å². The number of morpholine rings is 1. The molecule has 1 fully saturated rings. The van der Waals surface area contributed by atoms with Gasteiger partial charge >= 0.3 is 0 Å². The van der Waals surface area contributed by atoms with Gasteiger partial charge in [0.25, 0.3) is 0 Å². The number of aromatic nitrogens is 1. The Morgan fingerprint density at radius 1 is 1.21 bits per heavy atom. The average molecular weight is 325 g/mol. The van der Waals surface area contributed by atoms with E-state index in [1.165, 1.54) is 12.5 Å². The lowest BCUT2D eigenvalue weighted by Crippen LogP contribution is -2.35. The van der Waals surface area contributed by atoms with Crippen LogP contribution >= 0.6 is 0 Å². The lowest BCUT2D eigenvalue weighted by Gasteiger charge is -2.26. The van der Waals surface area contributed by atoms with Crippen molar-refractivity contribution in [2.45, 2.75) is 20.0 Å². The van der Waals surface area contributed by atoms with E-state index in [-0.39, 0.29) is 5.91 Å². The molecule has 1 aliphatic rings. The highest BCUT2D eigenvalue weighted by Gasteiger charge is 2.11. The Labute approximate surface area is 142 Å². The van der Waals surface area contributed by atoms with Crippen LogP contribution in [0, 0.1) is 0 Å². The number of nitrogens with zero attached hydrogens (tertiary/aromatic N) is 2. The lowest BCUT2D eigenvalue weighted by molar-refractivity contribution is -0.119. The molecule has 1 amide bonds.